The lowest BCUT2D eigenvalue weighted by molar-refractivity contribution is 0.0948. The molecule has 0 aliphatic carbocycles. The molecule has 24 heavy (non-hydrogen) atoms. The van der Waals surface area contributed by atoms with E-state index in [1.807, 2.05) is 54.0 Å². The van der Waals surface area contributed by atoms with Crippen LogP contribution < -0.4 is 14.8 Å². The normalized spacial score (nSPS) is 10.6. The van der Waals surface area contributed by atoms with Gasteiger partial charge < -0.3 is 19.2 Å². The van der Waals surface area contributed by atoms with Gasteiger partial charge in [0.05, 0.1) is 24.9 Å². The highest BCUT2D eigenvalue weighted by molar-refractivity contribution is 5.99. The molecule has 0 bridgehead atoms. The van der Waals surface area contributed by atoms with E-state index in [0.29, 0.717) is 24.4 Å². The quantitative estimate of drug-likeness (QED) is 0.707. The van der Waals surface area contributed by atoms with Crippen LogP contribution >= 0.6 is 0 Å². The van der Waals surface area contributed by atoms with E-state index < -0.39 is 0 Å². The number of nitrogens with one attached hydrogen (secondary N) is 1. The van der Waals surface area contributed by atoms with Gasteiger partial charge in [-0.15, -0.1) is 0 Å². The number of benzene rings is 1. The van der Waals surface area contributed by atoms with E-state index in [2.05, 4.69) is 10.3 Å². The Morgan fingerprint density at radius 3 is 2.71 bits per heavy atom. The van der Waals surface area contributed by atoms with Gasteiger partial charge in [-0.2, -0.15) is 0 Å². The summed E-state index contributed by atoms with van der Waals surface area (Å²) in [4.78, 5) is 16.7. The Hall–Kier alpha value is -3.02. The van der Waals surface area contributed by atoms with Crippen LogP contribution in [0.4, 0.5) is 0 Å². The average Bonchev–Trinajstić information content (AvgIpc) is 2.99. The lowest BCUT2D eigenvalue weighted by Gasteiger charge is -2.09. The van der Waals surface area contributed by atoms with Gasteiger partial charge in [0.15, 0.2) is 0 Å². The van der Waals surface area contributed by atoms with Gasteiger partial charge in [-0.25, -0.2) is 4.98 Å². The number of ether oxygens (including phenoxy) is 2. The van der Waals surface area contributed by atoms with Crippen molar-refractivity contribution >= 4 is 11.6 Å². The van der Waals surface area contributed by atoms with Crippen LogP contribution in [0, 0.1) is 6.92 Å². The first kappa shape index (κ1) is 15.9. The number of hydrogen-bond donors (Lipinski definition) is 1. The number of imidazole rings is 1. The number of aryl methyl sites for hydroxylation is 1. The number of carbonyl (C=O) groups is 1. The molecule has 0 saturated carbocycles. The Kier molecular flexibility index (Phi) is 4.65. The molecule has 0 saturated heterocycles. The highest BCUT2D eigenvalue weighted by Gasteiger charge is 2.11. The molecule has 6 nitrogen and oxygen atoms in total. The monoisotopic (exact) mass is 325 g/mol. The lowest BCUT2D eigenvalue weighted by Crippen LogP contribution is -2.28. The Balaban J connectivity index is 1.55. The van der Waals surface area contributed by atoms with E-state index in [-0.39, 0.29) is 5.91 Å². The predicted octanol–water partition coefficient (Wildman–Crippen LogP) is 2.46. The van der Waals surface area contributed by atoms with Gasteiger partial charge >= 0.3 is 0 Å². The molecule has 0 spiro atoms. The van der Waals surface area contributed by atoms with Crippen molar-refractivity contribution in [2.75, 3.05) is 20.3 Å². The average molecular weight is 325 g/mol. The van der Waals surface area contributed by atoms with Crippen LogP contribution in [0.5, 0.6) is 11.5 Å². The van der Waals surface area contributed by atoms with Crippen molar-refractivity contribution < 1.29 is 14.3 Å². The van der Waals surface area contributed by atoms with Gasteiger partial charge in [0.1, 0.15) is 23.8 Å². The summed E-state index contributed by atoms with van der Waals surface area (Å²) >= 11 is 0. The first-order chi connectivity index (χ1) is 11.7. The van der Waals surface area contributed by atoms with Crippen LogP contribution in [0.2, 0.25) is 0 Å². The third-order valence-corrected chi connectivity index (χ3v) is 3.56. The van der Waals surface area contributed by atoms with Gasteiger partial charge in [-0.1, -0.05) is 0 Å². The number of methoxy groups -OCH3 is 1. The summed E-state index contributed by atoms with van der Waals surface area (Å²) in [6, 6.07) is 10.9. The molecule has 1 amide bonds. The summed E-state index contributed by atoms with van der Waals surface area (Å²) in [7, 11) is 1.62. The predicted molar refractivity (Wildman–Crippen MR) is 90.8 cm³/mol. The topological polar surface area (TPSA) is 64.9 Å². The second-order valence-electron chi connectivity index (χ2n) is 5.31. The highest BCUT2D eigenvalue weighted by Crippen LogP contribution is 2.16. The standard InChI is InChI=1S/C18H19N3O3/c1-13-12-21-10-3-4-16(17(21)20-13)18(22)19-9-11-24-15-7-5-14(23-2)6-8-15/h3-8,10,12H,9,11H2,1-2H3,(H,19,22). The lowest BCUT2D eigenvalue weighted by atomic mass is 10.2. The number of amides is 1. The van der Waals surface area contributed by atoms with E-state index in [4.69, 9.17) is 9.47 Å². The SMILES string of the molecule is COc1ccc(OCCNC(=O)c2cccn3cc(C)nc23)cc1. The number of aromatic nitrogens is 2. The Bertz CT molecular complexity index is 840. The third-order valence-electron chi connectivity index (χ3n) is 3.56. The molecule has 0 radical (unpaired) electrons. The Morgan fingerprint density at radius 2 is 1.96 bits per heavy atom. The zero-order valence-electron chi connectivity index (χ0n) is 13.7. The number of nitrogens with zero attached hydrogens (tertiary/aromatic N) is 2. The fourth-order valence-electron chi connectivity index (χ4n) is 2.41. The van der Waals surface area contributed by atoms with E-state index in [1.54, 1.807) is 13.2 Å². The van der Waals surface area contributed by atoms with Crippen LogP contribution in [0.3, 0.4) is 0 Å². The molecule has 0 aliphatic rings. The van der Waals surface area contributed by atoms with Crippen molar-refractivity contribution in [3.8, 4) is 11.5 Å². The highest BCUT2D eigenvalue weighted by atomic mass is 16.5. The van der Waals surface area contributed by atoms with Gasteiger partial charge in [0.25, 0.3) is 5.91 Å². The zero-order valence-corrected chi connectivity index (χ0v) is 13.7. The maximum absolute atomic E-state index is 12.3. The molecule has 3 aromatic rings. The third kappa shape index (κ3) is 3.48. The van der Waals surface area contributed by atoms with Gasteiger partial charge in [-0.05, 0) is 43.3 Å². The summed E-state index contributed by atoms with van der Waals surface area (Å²) in [6.45, 7) is 2.69. The number of fused-ring (bicyclic) bond motifs is 1. The zero-order chi connectivity index (χ0) is 16.9. The first-order valence-electron chi connectivity index (χ1n) is 7.67. The molecular formula is C18H19N3O3. The van der Waals surface area contributed by atoms with Crippen molar-refractivity contribution in [1.29, 1.82) is 0 Å². The molecule has 0 unspecified atom stereocenters. The number of rotatable bonds is 6. The number of carbonyl (C=O) groups excluding carboxylic acids is 1. The maximum atomic E-state index is 12.3. The van der Waals surface area contributed by atoms with Crippen molar-refractivity contribution in [2.45, 2.75) is 6.92 Å². The van der Waals surface area contributed by atoms with Crippen LogP contribution in [0.15, 0.2) is 48.8 Å². The molecule has 0 atom stereocenters. The molecule has 0 fully saturated rings. The number of hydrogen-bond acceptors (Lipinski definition) is 4. The van der Waals surface area contributed by atoms with Crippen LogP contribution in [-0.2, 0) is 0 Å². The van der Waals surface area contributed by atoms with Crippen LogP contribution in [0.1, 0.15) is 16.1 Å². The summed E-state index contributed by atoms with van der Waals surface area (Å²) in [5, 5.41) is 2.85. The van der Waals surface area contributed by atoms with Gasteiger partial charge in [0, 0.05) is 12.4 Å². The van der Waals surface area contributed by atoms with Gasteiger partial charge in [0.2, 0.25) is 0 Å². The fourth-order valence-corrected chi connectivity index (χ4v) is 2.41. The van der Waals surface area contributed by atoms with Crippen molar-refractivity contribution in [1.82, 2.24) is 14.7 Å². The van der Waals surface area contributed by atoms with E-state index in [0.717, 1.165) is 17.2 Å². The molecular weight excluding hydrogens is 306 g/mol. The molecule has 6 heteroatoms. The molecule has 0 aliphatic heterocycles. The Labute approximate surface area is 140 Å². The molecule has 2 aromatic heterocycles. The summed E-state index contributed by atoms with van der Waals surface area (Å²) in [5.74, 6) is 1.35. The molecule has 124 valence electrons. The second-order valence-corrected chi connectivity index (χ2v) is 5.31. The minimum atomic E-state index is -0.162. The summed E-state index contributed by atoms with van der Waals surface area (Å²) in [6.07, 6.45) is 3.76. The molecule has 1 N–H and O–H groups in total. The smallest absolute Gasteiger partial charge is 0.255 e. The van der Waals surface area contributed by atoms with E-state index >= 15 is 0 Å². The molecule has 3 rings (SSSR count). The first-order valence-corrected chi connectivity index (χ1v) is 7.67. The number of pyridine rings is 1. The molecule has 2 heterocycles. The summed E-state index contributed by atoms with van der Waals surface area (Å²) in [5.41, 5.74) is 2.08. The largest absolute Gasteiger partial charge is 0.497 e. The summed E-state index contributed by atoms with van der Waals surface area (Å²) < 4.78 is 12.5. The second kappa shape index (κ2) is 7.04. The van der Waals surface area contributed by atoms with Crippen molar-refractivity contribution in [3.05, 3.63) is 60.0 Å². The minimum Gasteiger partial charge on any atom is -0.497 e. The Morgan fingerprint density at radius 1 is 1.21 bits per heavy atom. The van der Waals surface area contributed by atoms with Crippen LogP contribution in [0.25, 0.3) is 5.65 Å². The van der Waals surface area contributed by atoms with E-state index in [1.165, 1.54) is 0 Å². The van der Waals surface area contributed by atoms with Crippen molar-refractivity contribution in [2.24, 2.45) is 0 Å². The van der Waals surface area contributed by atoms with Crippen molar-refractivity contribution in [3.63, 3.8) is 0 Å². The minimum absolute atomic E-state index is 0.162. The van der Waals surface area contributed by atoms with E-state index in [9.17, 15) is 4.79 Å². The fraction of sp³-hybridized carbons (Fsp3) is 0.222. The van der Waals surface area contributed by atoms with Crippen LogP contribution in [-0.4, -0.2) is 35.6 Å². The maximum Gasteiger partial charge on any atom is 0.255 e. The molecule has 1 aromatic carbocycles. The van der Waals surface area contributed by atoms with Gasteiger partial charge in [-0.3, -0.25) is 4.79 Å².